The zero-order valence-electron chi connectivity index (χ0n) is 29.3. The number of benzene rings is 2. The molecule has 1 fully saturated rings. The molecule has 0 spiro atoms. The summed E-state index contributed by atoms with van der Waals surface area (Å²) in [6.45, 7) is 8.15. The minimum absolute atomic E-state index is 0.0119. The van der Waals surface area contributed by atoms with E-state index in [4.69, 9.17) is 9.47 Å². The van der Waals surface area contributed by atoms with Crippen LogP contribution in [0.3, 0.4) is 0 Å². The third-order valence-corrected chi connectivity index (χ3v) is 9.19. The summed E-state index contributed by atoms with van der Waals surface area (Å²) < 4.78 is 12.9. The molecule has 3 amide bonds. The number of carboxylic acid groups (broad SMARTS) is 1. The molecular weight excluding hydrogens is 678 g/mol. The molecule has 2 aromatic carbocycles. The van der Waals surface area contributed by atoms with Gasteiger partial charge < -0.3 is 39.6 Å². The molecule has 274 valence electrons. The van der Waals surface area contributed by atoms with Gasteiger partial charge in [-0.2, -0.15) is 11.8 Å². The SMILES string of the molecule is CCn1cc(C(=O)O)c(=O)c2ccc(N3CCN(C(=O)OCc4ccc(OC(=O)C(CC(C)C)NC(=O)C(CCSC)NC=O)cc4)CC3)cc21. The van der Waals surface area contributed by atoms with E-state index in [2.05, 4.69) is 15.5 Å². The Balaban J connectivity index is 1.29. The number of rotatable bonds is 16. The highest BCUT2D eigenvalue weighted by atomic mass is 32.2. The molecule has 0 aliphatic carbocycles. The Kier molecular flexibility index (Phi) is 13.9. The smallest absolute Gasteiger partial charge is 0.410 e. The lowest BCUT2D eigenvalue weighted by Crippen LogP contribution is -2.51. The number of hydrogen-bond acceptors (Lipinski definition) is 10. The molecule has 4 rings (SSSR count). The maximum atomic E-state index is 13.1. The number of nitrogens with one attached hydrogen (secondary N) is 2. The number of carboxylic acids is 1. The molecule has 1 aliphatic rings. The van der Waals surface area contributed by atoms with E-state index in [1.165, 1.54) is 6.20 Å². The lowest BCUT2D eigenvalue weighted by atomic mass is 10.0. The number of aromatic nitrogens is 1. The fourth-order valence-corrected chi connectivity index (χ4v) is 6.25. The first kappa shape index (κ1) is 38.7. The lowest BCUT2D eigenvalue weighted by Gasteiger charge is -2.35. The fraction of sp³-hybridized carbons (Fsp3) is 0.444. The van der Waals surface area contributed by atoms with Crippen LogP contribution in [0.25, 0.3) is 10.9 Å². The number of aryl methyl sites for hydroxylation is 1. The van der Waals surface area contributed by atoms with Gasteiger partial charge in [-0.05, 0) is 73.6 Å². The first-order valence-electron chi connectivity index (χ1n) is 16.8. The van der Waals surface area contributed by atoms with Gasteiger partial charge in [-0.15, -0.1) is 0 Å². The van der Waals surface area contributed by atoms with Crippen LogP contribution < -0.4 is 25.7 Å². The summed E-state index contributed by atoms with van der Waals surface area (Å²) in [4.78, 5) is 77.7. The van der Waals surface area contributed by atoms with Crippen LogP contribution in [0.2, 0.25) is 0 Å². The van der Waals surface area contributed by atoms with Gasteiger partial charge in [-0.1, -0.05) is 26.0 Å². The van der Waals surface area contributed by atoms with Gasteiger partial charge in [0, 0.05) is 50.0 Å². The van der Waals surface area contributed by atoms with Gasteiger partial charge in [0.05, 0.1) is 5.52 Å². The van der Waals surface area contributed by atoms with E-state index in [-0.39, 0.29) is 23.8 Å². The molecule has 14 nitrogen and oxygen atoms in total. The van der Waals surface area contributed by atoms with E-state index in [0.29, 0.717) is 74.2 Å². The van der Waals surface area contributed by atoms with Crippen LogP contribution in [-0.4, -0.2) is 95.2 Å². The van der Waals surface area contributed by atoms with Crippen molar-refractivity contribution in [1.29, 1.82) is 0 Å². The maximum Gasteiger partial charge on any atom is 0.410 e. The quantitative estimate of drug-likeness (QED) is 0.112. The molecule has 1 aromatic heterocycles. The summed E-state index contributed by atoms with van der Waals surface area (Å²) in [5.74, 6) is -1.32. The molecule has 1 aliphatic heterocycles. The lowest BCUT2D eigenvalue weighted by molar-refractivity contribution is -0.140. The van der Waals surface area contributed by atoms with Crippen LogP contribution in [0, 0.1) is 5.92 Å². The number of piperazine rings is 1. The highest BCUT2D eigenvalue weighted by Gasteiger charge is 2.28. The average Bonchev–Trinajstić information content (AvgIpc) is 3.12. The van der Waals surface area contributed by atoms with Gasteiger partial charge in [-0.3, -0.25) is 14.4 Å². The first-order valence-corrected chi connectivity index (χ1v) is 18.2. The topological polar surface area (TPSA) is 177 Å². The van der Waals surface area contributed by atoms with Crippen LogP contribution in [-0.2, 0) is 32.3 Å². The zero-order valence-corrected chi connectivity index (χ0v) is 30.1. The van der Waals surface area contributed by atoms with Crippen LogP contribution in [0.4, 0.5) is 10.5 Å². The number of carbonyl (C=O) groups excluding carboxylic acids is 4. The normalized spacial score (nSPS) is 14.1. The number of anilines is 1. The summed E-state index contributed by atoms with van der Waals surface area (Å²) in [5.41, 5.74) is 1.42. The van der Waals surface area contributed by atoms with Crippen molar-refractivity contribution in [3.63, 3.8) is 0 Å². The Morgan fingerprint density at radius 3 is 2.33 bits per heavy atom. The molecule has 0 radical (unpaired) electrons. The molecule has 2 unspecified atom stereocenters. The van der Waals surface area contributed by atoms with Crippen molar-refractivity contribution >= 4 is 58.7 Å². The van der Waals surface area contributed by atoms with Crippen molar-refractivity contribution in [1.82, 2.24) is 20.1 Å². The van der Waals surface area contributed by atoms with Crippen molar-refractivity contribution in [2.75, 3.05) is 43.1 Å². The number of esters is 1. The number of hydrogen-bond donors (Lipinski definition) is 3. The van der Waals surface area contributed by atoms with Crippen molar-refractivity contribution in [2.24, 2.45) is 5.92 Å². The van der Waals surface area contributed by atoms with Crippen molar-refractivity contribution in [3.05, 3.63) is 70.0 Å². The summed E-state index contributed by atoms with van der Waals surface area (Å²) in [5, 5.41) is 15.0. The van der Waals surface area contributed by atoms with E-state index >= 15 is 0 Å². The molecule has 3 aromatic rings. The van der Waals surface area contributed by atoms with Crippen LogP contribution in [0.5, 0.6) is 5.75 Å². The third-order valence-electron chi connectivity index (χ3n) is 8.55. The average molecular weight is 724 g/mol. The summed E-state index contributed by atoms with van der Waals surface area (Å²) in [6, 6.07) is 10.2. The van der Waals surface area contributed by atoms with Crippen molar-refractivity contribution in [2.45, 2.75) is 58.8 Å². The van der Waals surface area contributed by atoms with Crippen LogP contribution >= 0.6 is 11.8 Å². The second kappa shape index (κ2) is 18.3. The number of amides is 3. The Morgan fingerprint density at radius 2 is 1.73 bits per heavy atom. The van der Waals surface area contributed by atoms with Crippen LogP contribution in [0.15, 0.2) is 53.5 Å². The van der Waals surface area contributed by atoms with Gasteiger partial charge in [0.25, 0.3) is 0 Å². The predicted molar refractivity (Wildman–Crippen MR) is 194 cm³/mol. The predicted octanol–water partition coefficient (Wildman–Crippen LogP) is 3.48. The second-order valence-corrected chi connectivity index (χ2v) is 13.6. The number of carbonyl (C=O) groups is 5. The Hall–Kier alpha value is -5.05. The van der Waals surface area contributed by atoms with Crippen molar-refractivity contribution < 1.29 is 38.6 Å². The first-order chi connectivity index (χ1) is 24.4. The third kappa shape index (κ3) is 10.2. The summed E-state index contributed by atoms with van der Waals surface area (Å²) >= 11 is 1.55. The van der Waals surface area contributed by atoms with E-state index in [1.807, 2.05) is 33.1 Å². The summed E-state index contributed by atoms with van der Waals surface area (Å²) in [6.07, 6.45) is 4.06. The van der Waals surface area contributed by atoms with E-state index in [0.717, 1.165) is 5.69 Å². The number of fused-ring (bicyclic) bond motifs is 1. The van der Waals surface area contributed by atoms with E-state index < -0.39 is 41.5 Å². The largest absolute Gasteiger partial charge is 0.477 e. The van der Waals surface area contributed by atoms with Gasteiger partial charge >= 0.3 is 18.0 Å². The molecule has 2 atom stereocenters. The van der Waals surface area contributed by atoms with Gasteiger partial charge in [-0.25, -0.2) is 14.4 Å². The Bertz CT molecular complexity index is 1770. The number of nitrogens with zero attached hydrogens (tertiary/aromatic N) is 3. The molecule has 3 N–H and O–H groups in total. The second-order valence-electron chi connectivity index (χ2n) is 12.6. The Labute approximate surface area is 300 Å². The van der Waals surface area contributed by atoms with E-state index in [9.17, 15) is 33.9 Å². The number of pyridine rings is 1. The maximum absolute atomic E-state index is 13.1. The molecule has 15 heteroatoms. The fourth-order valence-electron chi connectivity index (χ4n) is 5.78. The monoisotopic (exact) mass is 723 g/mol. The molecule has 2 heterocycles. The molecule has 0 bridgehead atoms. The number of aromatic carboxylic acids is 1. The highest BCUT2D eigenvalue weighted by Crippen LogP contribution is 2.23. The highest BCUT2D eigenvalue weighted by molar-refractivity contribution is 7.98. The Morgan fingerprint density at radius 1 is 1.02 bits per heavy atom. The zero-order chi connectivity index (χ0) is 37.1. The molecule has 51 heavy (non-hydrogen) atoms. The number of ether oxygens (including phenoxy) is 2. The van der Waals surface area contributed by atoms with Crippen molar-refractivity contribution in [3.8, 4) is 5.75 Å². The van der Waals surface area contributed by atoms with E-state index in [1.54, 1.807) is 57.6 Å². The molecule has 1 saturated heterocycles. The minimum atomic E-state index is -1.26. The molecular formula is C36H45N5O9S. The van der Waals surface area contributed by atoms with Gasteiger partial charge in [0.2, 0.25) is 17.7 Å². The van der Waals surface area contributed by atoms with Crippen LogP contribution in [0.1, 0.15) is 49.5 Å². The standard InChI is InChI=1S/C36H45N5O9S/c1-5-39-20-28(34(45)46)32(43)27-11-8-25(19-31(27)39)40-13-15-41(16-14-40)36(48)49-21-24-6-9-26(10-7-24)50-35(47)30(18-23(2)3)38-33(44)29(37-22-42)12-17-51-4/h6-11,19-20,22-23,29-30H,5,12-18,21H2,1-4H3,(H,37,42)(H,38,44)(H,45,46). The van der Waals surface area contributed by atoms with Gasteiger partial charge in [0.1, 0.15) is 30.0 Å². The minimum Gasteiger partial charge on any atom is -0.477 e. The molecule has 0 saturated carbocycles. The van der Waals surface area contributed by atoms with Gasteiger partial charge in [0.15, 0.2) is 0 Å². The summed E-state index contributed by atoms with van der Waals surface area (Å²) in [7, 11) is 0. The number of thioether (sulfide) groups is 1.